The highest BCUT2D eigenvalue weighted by atomic mass is 35.5. The summed E-state index contributed by atoms with van der Waals surface area (Å²) in [6, 6.07) is 6.07. The van der Waals surface area contributed by atoms with E-state index in [1.807, 2.05) is 0 Å². The molecule has 0 aliphatic rings. The van der Waals surface area contributed by atoms with Crippen LogP contribution in [0.1, 0.15) is 18.5 Å². The van der Waals surface area contributed by atoms with Gasteiger partial charge in [-0.3, -0.25) is 4.98 Å². The van der Waals surface area contributed by atoms with Gasteiger partial charge >= 0.3 is 0 Å². The zero-order valence-electron chi connectivity index (χ0n) is 10.1. The van der Waals surface area contributed by atoms with E-state index in [4.69, 9.17) is 11.6 Å². The van der Waals surface area contributed by atoms with E-state index >= 15 is 0 Å². The first-order valence-electron chi connectivity index (χ1n) is 5.53. The fourth-order valence-corrected chi connectivity index (χ4v) is 3.25. The Morgan fingerprint density at radius 3 is 2.63 bits per heavy atom. The van der Waals surface area contributed by atoms with Crippen LogP contribution in [0.4, 0.5) is 0 Å². The van der Waals surface area contributed by atoms with Crippen LogP contribution in [-0.4, -0.2) is 18.4 Å². The third kappa shape index (κ3) is 3.28. The molecule has 0 aliphatic carbocycles. The minimum Gasteiger partial charge on any atom is -0.264 e. The predicted molar refractivity (Wildman–Crippen MR) is 72.2 cm³/mol. The van der Waals surface area contributed by atoms with Crippen LogP contribution >= 0.6 is 11.6 Å². The summed E-state index contributed by atoms with van der Waals surface area (Å²) in [5.41, 5.74) is 0.770. The van der Waals surface area contributed by atoms with Gasteiger partial charge in [0.1, 0.15) is 10.0 Å². The largest absolute Gasteiger partial charge is 0.264 e. The summed E-state index contributed by atoms with van der Waals surface area (Å²) in [6.07, 6.45) is 4.67. The quantitative estimate of drug-likeness (QED) is 0.878. The van der Waals surface area contributed by atoms with Crippen molar-refractivity contribution in [3.05, 3.63) is 53.6 Å². The van der Waals surface area contributed by atoms with Crippen molar-refractivity contribution in [1.82, 2.24) is 14.7 Å². The average molecular weight is 298 g/mol. The zero-order valence-corrected chi connectivity index (χ0v) is 11.7. The summed E-state index contributed by atoms with van der Waals surface area (Å²) in [6.45, 7) is 1.73. The highest BCUT2D eigenvalue weighted by Crippen LogP contribution is 2.20. The number of sulfonamides is 1. The van der Waals surface area contributed by atoms with Crippen LogP contribution in [-0.2, 0) is 10.0 Å². The van der Waals surface area contributed by atoms with E-state index in [2.05, 4.69) is 14.7 Å². The van der Waals surface area contributed by atoms with Crippen molar-refractivity contribution in [2.45, 2.75) is 17.9 Å². The van der Waals surface area contributed by atoms with Gasteiger partial charge in [0.05, 0.1) is 0 Å². The van der Waals surface area contributed by atoms with Crippen LogP contribution in [0.3, 0.4) is 0 Å². The molecule has 0 spiro atoms. The SMILES string of the molecule is CC(NS(=O)(=O)c1cccnc1Cl)c1cccnc1. The summed E-state index contributed by atoms with van der Waals surface area (Å²) in [5.74, 6) is 0. The highest BCUT2D eigenvalue weighted by molar-refractivity contribution is 7.89. The standard InChI is InChI=1S/C12H12ClN3O2S/c1-9(10-4-2-6-14-8-10)16-19(17,18)11-5-3-7-15-12(11)13/h2-9,16H,1H3. The van der Waals surface area contributed by atoms with E-state index in [1.54, 1.807) is 31.5 Å². The third-order valence-electron chi connectivity index (χ3n) is 2.53. The first-order valence-corrected chi connectivity index (χ1v) is 7.39. The number of rotatable bonds is 4. The molecule has 0 aliphatic heterocycles. The lowest BCUT2D eigenvalue weighted by Crippen LogP contribution is -2.27. The number of halogens is 1. The minimum atomic E-state index is -3.71. The molecule has 0 aromatic carbocycles. The van der Waals surface area contributed by atoms with Gasteiger partial charge in [0.2, 0.25) is 10.0 Å². The van der Waals surface area contributed by atoms with Gasteiger partial charge in [0.25, 0.3) is 0 Å². The minimum absolute atomic E-state index is 0.0348. The van der Waals surface area contributed by atoms with Crippen LogP contribution in [0.5, 0.6) is 0 Å². The summed E-state index contributed by atoms with van der Waals surface area (Å²) in [5, 5.41) is -0.0478. The topological polar surface area (TPSA) is 72.0 Å². The van der Waals surface area contributed by atoms with Gasteiger partial charge < -0.3 is 0 Å². The molecular formula is C12H12ClN3O2S. The summed E-state index contributed by atoms with van der Waals surface area (Å²) in [7, 11) is -3.71. The Hall–Kier alpha value is -1.50. The lowest BCUT2D eigenvalue weighted by Gasteiger charge is -2.14. The normalized spacial score (nSPS) is 13.2. The Labute approximate surface area is 116 Å². The van der Waals surface area contributed by atoms with E-state index in [0.29, 0.717) is 0 Å². The molecule has 0 saturated heterocycles. The molecule has 5 nitrogen and oxygen atoms in total. The molecule has 100 valence electrons. The smallest absolute Gasteiger partial charge is 0.244 e. The molecule has 1 atom stereocenters. The summed E-state index contributed by atoms with van der Waals surface area (Å²) < 4.78 is 26.9. The number of hydrogen-bond acceptors (Lipinski definition) is 4. The van der Waals surface area contributed by atoms with Crippen molar-refractivity contribution in [3.8, 4) is 0 Å². The molecule has 19 heavy (non-hydrogen) atoms. The van der Waals surface area contributed by atoms with Gasteiger partial charge in [0, 0.05) is 24.6 Å². The van der Waals surface area contributed by atoms with E-state index in [9.17, 15) is 8.42 Å². The van der Waals surface area contributed by atoms with Crippen LogP contribution < -0.4 is 4.72 Å². The zero-order chi connectivity index (χ0) is 13.9. The molecule has 2 aromatic rings. The van der Waals surface area contributed by atoms with Crippen molar-refractivity contribution in [1.29, 1.82) is 0 Å². The lowest BCUT2D eigenvalue weighted by atomic mass is 10.2. The van der Waals surface area contributed by atoms with Gasteiger partial charge in [-0.25, -0.2) is 18.1 Å². The first kappa shape index (κ1) is 13.9. The van der Waals surface area contributed by atoms with Gasteiger partial charge in [-0.15, -0.1) is 0 Å². The van der Waals surface area contributed by atoms with Crippen molar-refractivity contribution < 1.29 is 8.42 Å². The fourth-order valence-electron chi connectivity index (χ4n) is 1.57. The average Bonchev–Trinajstić information content (AvgIpc) is 2.39. The maximum atomic E-state index is 12.2. The van der Waals surface area contributed by atoms with E-state index in [0.717, 1.165) is 5.56 Å². The second-order valence-corrected chi connectivity index (χ2v) is 5.96. The lowest BCUT2D eigenvalue weighted by molar-refractivity contribution is 0.566. The van der Waals surface area contributed by atoms with E-state index < -0.39 is 16.1 Å². The molecule has 0 radical (unpaired) electrons. The monoisotopic (exact) mass is 297 g/mol. The van der Waals surface area contributed by atoms with Crippen LogP contribution in [0, 0.1) is 0 Å². The Balaban J connectivity index is 2.26. The predicted octanol–water partition coefficient (Wildman–Crippen LogP) is 2.17. The van der Waals surface area contributed by atoms with E-state index in [1.165, 1.54) is 18.3 Å². The fraction of sp³-hybridized carbons (Fsp3) is 0.167. The number of aromatic nitrogens is 2. The van der Waals surface area contributed by atoms with Crippen molar-refractivity contribution in [3.63, 3.8) is 0 Å². The molecule has 0 bridgehead atoms. The second-order valence-electron chi connectivity index (χ2n) is 3.92. The van der Waals surface area contributed by atoms with Crippen LogP contribution in [0.25, 0.3) is 0 Å². The number of nitrogens with one attached hydrogen (secondary N) is 1. The first-order chi connectivity index (χ1) is 9.00. The Morgan fingerprint density at radius 2 is 2.00 bits per heavy atom. The number of pyridine rings is 2. The number of hydrogen-bond donors (Lipinski definition) is 1. The Kier molecular flexibility index (Phi) is 4.14. The maximum absolute atomic E-state index is 12.2. The Morgan fingerprint density at radius 1 is 1.26 bits per heavy atom. The third-order valence-corrected chi connectivity index (χ3v) is 4.52. The van der Waals surface area contributed by atoms with Crippen LogP contribution in [0.15, 0.2) is 47.8 Å². The van der Waals surface area contributed by atoms with Crippen molar-refractivity contribution >= 4 is 21.6 Å². The molecule has 2 rings (SSSR count). The van der Waals surface area contributed by atoms with E-state index in [-0.39, 0.29) is 10.0 Å². The second kappa shape index (κ2) is 5.64. The molecule has 0 saturated carbocycles. The summed E-state index contributed by atoms with van der Waals surface area (Å²) >= 11 is 5.80. The van der Waals surface area contributed by atoms with Crippen molar-refractivity contribution in [2.75, 3.05) is 0 Å². The molecular weight excluding hydrogens is 286 g/mol. The molecule has 0 amide bonds. The molecule has 1 N–H and O–H groups in total. The summed E-state index contributed by atoms with van der Waals surface area (Å²) in [4.78, 5) is 7.68. The highest BCUT2D eigenvalue weighted by Gasteiger charge is 2.21. The van der Waals surface area contributed by atoms with Crippen LogP contribution in [0.2, 0.25) is 5.15 Å². The molecule has 2 aromatic heterocycles. The number of nitrogens with zero attached hydrogens (tertiary/aromatic N) is 2. The van der Waals surface area contributed by atoms with Gasteiger partial charge in [0.15, 0.2) is 0 Å². The molecule has 7 heteroatoms. The maximum Gasteiger partial charge on any atom is 0.244 e. The van der Waals surface area contributed by atoms with Gasteiger partial charge in [-0.2, -0.15) is 0 Å². The van der Waals surface area contributed by atoms with Gasteiger partial charge in [-0.05, 0) is 30.7 Å². The Bertz CT molecular complexity index is 662. The molecule has 0 fully saturated rings. The molecule has 2 heterocycles. The van der Waals surface area contributed by atoms with Gasteiger partial charge in [-0.1, -0.05) is 17.7 Å². The molecule has 1 unspecified atom stereocenters. The van der Waals surface area contributed by atoms with Crippen molar-refractivity contribution in [2.24, 2.45) is 0 Å².